The third-order valence-electron chi connectivity index (χ3n) is 2.79. The SMILES string of the molecule is CC1=C(c2ccco2)[C@H](c2ccco2)OC1=O. The van der Waals surface area contributed by atoms with Gasteiger partial charge in [-0.3, -0.25) is 0 Å². The monoisotopic (exact) mass is 230 g/mol. The van der Waals surface area contributed by atoms with Gasteiger partial charge in [0.15, 0.2) is 6.10 Å². The first-order chi connectivity index (χ1) is 8.27. The first kappa shape index (κ1) is 9.96. The Bertz CT molecular complexity index is 561. The summed E-state index contributed by atoms with van der Waals surface area (Å²) in [7, 11) is 0. The van der Waals surface area contributed by atoms with Gasteiger partial charge in [-0.25, -0.2) is 4.79 Å². The van der Waals surface area contributed by atoms with E-state index in [4.69, 9.17) is 13.6 Å². The van der Waals surface area contributed by atoms with Gasteiger partial charge in [0.05, 0.1) is 18.1 Å². The number of ether oxygens (including phenoxy) is 1. The molecular weight excluding hydrogens is 220 g/mol. The quantitative estimate of drug-likeness (QED) is 0.744. The minimum atomic E-state index is -0.511. The Kier molecular flexibility index (Phi) is 2.14. The summed E-state index contributed by atoms with van der Waals surface area (Å²) in [6.07, 6.45) is 2.61. The van der Waals surface area contributed by atoms with Crippen molar-refractivity contribution >= 4 is 11.5 Å². The van der Waals surface area contributed by atoms with Crippen LogP contribution < -0.4 is 0 Å². The lowest BCUT2D eigenvalue weighted by Gasteiger charge is -2.09. The molecule has 4 heteroatoms. The molecule has 1 aliphatic rings. The van der Waals surface area contributed by atoms with Crippen LogP contribution in [0.1, 0.15) is 24.5 Å². The van der Waals surface area contributed by atoms with Crippen LogP contribution in [0.25, 0.3) is 5.57 Å². The van der Waals surface area contributed by atoms with Crippen LogP contribution in [0.4, 0.5) is 0 Å². The van der Waals surface area contributed by atoms with Crippen LogP contribution in [0.2, 0.25) is 0 Å². The average Bonchev–Trinajstić information content (AvgIpc) is 3.01. The van der Waals surface area contributed by atoms with Gasteiger partial charge in [0, 0.05) is 5.57 Å². The summed E-state index contributed by atoms with van der Waals surface area (Å²) in [4.78, 5) is 11.6. The largest absolute Gasteiger partial charge is 0.465 e. The lowest BCUT2D eigenvalue weighted by molar-refractivity contribution is -0.140. The molecule has 1 atom stereocenters. The number of furan rings is 2. The summed E-state index contributed by atoms with van der Waals surface area (Å²) >= 11 is 0. The molecule has 0 spiro atoms. The lowest BCUT2D eigenvalue weighted by Crippen LogP contribution is -2.01. The van der Waals surface area contributed by atoms with Crippen molar-refractivity contribution in [3.63, 3.8) is 0 Å². The fourth-order valence-corrected chi connectivity index (χ4v) is 1.95. The predicted octanol–water partition coefficient (Wildman–Crippen LogP) is 2.94. The number of rotatable bonds is 2. The third kappa shape index (κ3) is 1.49. The van der Waals surface area contributed by atoms with Gasteiger partial charge in [0.2, 0.25) is 0 Å². The van der Waals surface area contributed by atoms with Crippen molar-refractivity contribution in [3.8, 4) is 0 Å². The fourth-order valence-electron chi connectivity index (χ4n) is 1.95. The molecule has 1 aliphatic heterocycles. The number of hydrogen-bond acceptors (Lipinski definition) is 4. The van der Waals surface area contributed by atoms with Gasteiger partial charge in [-0.1, -0.05) is 0 Å². The van der Waals surface area contributed by atoms with E-state index in [0.29, 0.717) is 17.1 Å². The second-order valence-electron chi connectivity index (χ2n) is 3.82. The van der Waals surface area contributed by atoms with E-state index < -0.39 is 6.10 Å². The Morgan fingerprint density at radius 1 is 1.12 bits per heavy atom. The molecule has 3 heterocycles. The van der Waals surface area contributed by atoms with Crippen molar-refractivity contribution in [2.75, 3.05) is 0 Å². The Morgan fingerprint density at radius 3 is 2.53 bits per heavy atom. The van der Waals surface area contributed by atoms with Gasteiger partial charge in [0.25, 0.3) is 0 Å². The van der Waals surface area contributed by atoms with E-state index in [1.54, 1.807) is 43.7 Å². The molecule has 0 bridgehead atoms. The highest BCUT2D eigenvalue weighted by Gasteiger charge is 2.36. The zero-order valence-corrected chi connectivity index (χ0v) is 9.17. The van der Waals surface area contributed by atoms with Crippen LogP contribution in [0, 0.1) is 0 Å². The van der Waals surface area contributed by atoms with E-state index >= 15 is 0 Å². The number of carbonyl (C=O) groups is 1. The zero-order chi connectivity index (χ0) is 11.8. The zero-order valence-electron chi connectivity index (χ0n) is 9.17. The van der Waals surface area contributed by atoms with Crippen molar-refractivity contribution in [1.29, 1.82) is 0 Å². The van der Waals surface area contributed by atoms with Crippen LogP contribution in [-0.2, 0) is 9.53 Å². The van der Waals surface area contributed by atoms with Crippen LogP contribution in [-0.4, -0.2) is 5.97 Å². The molecule has 2 aromatic rings. The smallest absolute Gasteiger partial charge is 0.335 e. The highest BCUT2D eigenvalue weighted by molar-refractivity contribution is 6.01. The molecule has 0 unspecified atom stereocenters. The molecule has 4 nitrogen and oxygen atoms in total. The van der Waals surface area contributed by atoms with E-state index in [9.17, 15) is 4.79 Å². The van der Waals surface area contributed by atoms with Gasteiger partial charge in [-0.05, 0) is 31.2 Å². The first-order valence-electron chi connectivity index (χ1n) is 5.26. The Labute approximate surface area is 97.5 Å². The van der Waals surface area contributed by atoms with Gasteiger partial charge in [-0.2, -0.15) is 0 Å². The van der Waals surface area contributed by atoms with E-state index in [-0.39, 0.29) is 5.97 Å². The molecule has 0 saturated carbocycles. The van der Waals surface area contributed by atoms with Crippen LogP contribution in [0.3, 0.4) is 0 Å². The molecule has 0 amide bonds. The van der Waals surface area contributed by atoms with Crippen LogP contribution in [0.5, 0.6) is 0 Å². The molecule has 2 aromatic heterocycles. The molecule has 0 radical (unpaired) electrons. The fraction of sp³-hybridized carbons (Fsp3) is 0.154. The summed E-state index contributed by atoms with van der Waals surface area (Å²) in [6, 6.07) is 7.12. The Hall–Kier alpha value is -2.23. The summed E-state index contributed by atoms with van der Waals surface area (Å²) in [6.45, 7) is 1.73. The highest BCUT2D eigenvalue weighted by atomic mass is 16.6. The topological polar surface area (TPSA) is 52.6 Å². The van der Waals surface area contributed by atoms with Crippen molar-refractivity contribution in [1.82, 2.24) is 0 Å². The average molecular weight is 230 g/mol. The molecule has 17 heavy (non-hydrogen) atoms. The molecule has 0 aliphatic carbocycles. The normalized spacial score (nSPS) is 19.8. The minimum Gasteiger partial charge on any atom is -0.465 e. The van der Waals surface area contributed by atoms with Gasteiger partial charge >= 0.3 is 5.97 Å². The molecule has 0 N–H and O–H groups in total. The van der Waals surface area contributed by atoms with Crippen molar-refractivity contribution in [3.05, 3.63) is 53.9 Å². The van der Waals surface area contributed by atoms with Crippen molar-refractivity contribution in [2.45, 2.75) is 13.0 Å². The summed E-state index contributed by atoms with van der Waals surface area (Å²) in [5, 5.41) is 0. The molecule has 0 fully saturated rings. The van der Waals surface area contributed by atoms with Crippen LogP contribution in [0.15, 0.2) is 51.2 Å². The lowest BCUT2D eigenvalue weighted by atomic mass is 10.0. The Balaban J connectivity index is 2.10. The van der Waals surface area contributed by atoms with E-state index in [2.05, 4.69) is 0 Å². The Morgan fingerprint density at radius 2 is 1.88 bits per heavy atom. The van der Waals surface area contributed by atoms with E-state index in [1.807, 2.05) is 0 Å². The molecule has 0 saturated heterocycles. The van der Waals surface area contributed by atoms with Gasteiger partial charge in [-0.15, -0.1) is 0 Å². The summed E-state index contributed by atoms with van der Waals surface area (Å²) < 4.78 is 15.9. The maximum Gasteiger partial charge on any atom is 0.335 e. The van der Waals surface area contributed by atoms with Crippen molar-refractivity contribution in [2.24, 2.45) is 0 Å². The van der Waals surface area contributed by atoms with E-state index in [0.717, 1.165) is 5.57 Å². The molecule has 0 aromatic carbocycles. The number of carbonyl (C=O) groups excluding carboxylic acids is 1. The second-order valence-corrected chi connectivity index (χ2v) is 3.82. The van der Waals surface area contributed by atoms with Crippen LogP contribution >= 0.6 is 0 Å². The van der Waals surface area contributed by atoms with Gasteiger partial charge < -0.3 is 13.6 Å². The molecular formula is C13H10O4. The maximum atomic E-state index is 11.6. The number of esters is 1. The highest BCUT2D eigenvalue weighted by Crippen LogP contribution is 2.41. The maximum absolute atomic E-state index is 11.6. The molecule has 3 rings (SSSR count). The minimum absolute atomic E-state index is 0.335. The number of hydrogen-bond donors (Lipinski definition) is 0. The first-order valence-corrected chi connectivity index (χ1v) is 5.26. The van der Waals surface area contributed by atoms with Crippen molar-refractivity contribution < 1.29 is 18.4 Å². The summed E-state index contributed by atoms with van der Waals surface area (Å²) in [5.41, 5.74) is 1.29. The third-order valence-corrected chi connectivity index (χ3v) is 2.79. The standard InChI is InChI=1S/C13H10O4/c1-8-11(9-4-2-6-15-9)12(17-13(8)14)10-5-3-7-16-10/h2-7,12H,1H3/t12-/m0/s1. The number of cyclic esters (lactones) is 1. The molecule has 86 valence electrons. The van der Waals surface area contributed by atoms with Gasteiger partial charge in [0.1, 0.15) is 11.5 Å². The van der Waals surface area contributed by atoms with E-state index in [1.165, 1.54) is 0 Å². The predicted molar refractivity (Wildman–Crippen MR) is 58.8 cm³/mol. The second kappa shape index (κ2) is 3.66. The summed E-state index contributed by atoms with van der Waals surface area (Å²) in [5.74, 6) is 0.897.